The maximum absolute atomic E-state index is 12.9. The Labute approximate surface area is 192 Å². The minimum absolute atomic E-state index is 0.00662. The summed E-state index contributed by atoms with van der Waals surface area (Å²) in [6.45, 7) is 2.56. The zero-order chi connectivity index (χ0) is 22.5. The van der Waals surface area contributed by atoms with Crippen LogP contribution in [0.15, 0.2) is 62.7 Å². The van der Waals surface area contributed by atoms with Gasteiger partial charge >= 0.3 is 0 Å². The van der Waals surface area contributed by atoms with E-state index < -0.39 is 4.92 Å². The van der Waals surface area contributed by atoms with E-state index in [0.29, 0.717) is 23.6 Å². The van der Waals surface area contributed by atoms with Crippen molar-refractivity contribution >= 4 is 51.3 Å². The van der Waals surface area contributed by atoms with Gasteiger partial charge in [-0.15, -0.1) is 11.3 Å². The fourth-order valence-electron chi connectivity index (χ4n) is 3.19. The number of thiazole rings is 1. The first kappa shape index (κ1) is 21.8. The van der Waals surface area contributed by atoms with Crippen LogP contribution in [0.25, 0.3) is 11.0 Å². The molecule has 0 aliphatic heterocycles. The highest BCUT2D eigenvalue weighted by Crippen LogP contribution is 2.33. The Morgan fingerprint density at radius 2 is 1.97 bits per heavy atom. The van der Waals surface area contributed by atoms with Gasteiger partial charge in [-0.3, -0.25) is 14.9 Å². The lowest BCUT2D eigenvalue weighted by Crippen LogP contribution is -2.29. The third kappa shape index (κ3) is 4.92. The van der Waals surface area contributed by atoms with E-state index in [1.807, 2.05) is 36.6 Å². The number of hydrogen-bond acceptors (Lipinski definition) is 8. The number of nitrogens with one attached hydrogen (secondary N) is 2. The van der Waals surface area contributed by atoms with Gasteiger partial charge in [0.1, 0.15) is 15.6 Å². The van der Waals surface area contributed by atoms with Gasteiger partial charge < -0.3 is 15.1 Å². The second-order valence-corrected chi connectivity index (χ2v) is 8.99. The Bertz CT molecular complexity index is 1270. The normalized spacial score (nSPS) is 10.9. The number of nitro groups is 1. The first-order valence-electron chi connectivity index (χ1n) is 9.84. The number of fused-ring (bicyclic) bond motifs is 1. The molecule has 10 heteroatoms. The number of aromatic nitrogens is 1. The molecule has 0 bridgehead atoms. The zero-order valence-electron chi connectivity index (χ0n) is 17.2. The van der Waals surface area contributed by atoms with Crippen molar-refractivity contribution in [1.82, 2.24) is 10.3 Å². The molecule has 0 aliphatic rings. The predicted octanol–water partition coefficient (Wildman–Crippen LogP) is 5.24. The molecule has 2 aromatic carbocycles. The van der Waals surface area contributed by atoms with Crippen LogP contribution >= 0.6 is 23.1 Å². The third-order valence-corrected chi connectivity index (χ3v) is 6.83. The van der Waals surface area contributed by atoms with Gasteiger partial charge in [0.2, 0.25) is 0 Å². The molecule has 8 nitrogen and oxygen atoms in total. The lowest BCUT2D eigenvalue weighted by atomic mass is 10.1. The summed E-state index contributed by atoms with van der Waals surface area (Å²) >= 11 is 3.14. The molecule has 0 saturated heterocycles. The highest BCUT2D eigenvalue weighted by molar-refractivity contribution is 8.00. The van der Waals surface area contributed by atoms with E-state index in [9.17, 15) is 14.9 Å². The molecular weight excluding hydrogens is 448 g/mol. The van der Waals surface area contributed by atoms with Gasteiger partial charge in [0.25, 0.3) is 11.6 Å². The largest absolute Gasteiger partial charge is 0.451 e. The van der Waals surface area contributed by atoms with Crippen molar-refractivity contribution in [3.05, 3.63) is 81.0 Å². The Morgan fingerprint density at radius 1 is 1.19 bits per heavy atom. The number of aryl methyl sites for hydroxylation is 1. The molecule has 0 saturated carbocycles. The molecule has 4 aromatic rings. The minimum atomic E-state index is -0.441. The summed E-state index contributed by atoms with van der Waals surface area (Å²) in [7, 11) is 0. The Morgan fingerprint density at radius 3 is 2.75 bits per heavy atom. The number of benzene rings is 2. The lowest BCUT2D eigenvalue weighted by Gasteiger charge is -2.08. The number of thioether (sulfide) groups is 1. The van der Waals surface area contributed by atoms with Gasteiger partial charge in [-0.25, -0.2) is 4.98 Å². The molecule has 0 spiro atoms. The summed E-state index contributed by atoms with van der Waals surface area (Å²) in [5, 5.41) is 19.8. The fourth-order valence-corrected chi connectivity index (χ4v) is 5.07. The predicted molar refractivity (Wildman–Crippen MR) is 127 cm³/mol. The number of nitrogens with zero attached hydrogens (tertiary/aromatic N) is 2. The van der Waals surface area contributed by atoms with Gasteiger partial charge in [0, 0.05) is 46.9 Å². The third-order valence-electron chi connectivity index (χ3n) is 4.67. The molecule has 164 valence electrons. The van der Waals surface area contributed by atoms with E-state index in [2.05, 4.69) is 15.6 Å². The van der Waals surface area contributed by atoms with Crippen LogP contribution in [0, 0.1) is 17.0 Å². The number of carbonyl (C=O) groups excluding carboxylic acids is 1. The van der Waals surface area contributed by atoms with Crippen LogP contribution in [0.1, 0.15) is 21.8 Å². The number of nitro benzene ring substituents is 1. The first-order valence-corrected chi connectivity index (χ1v) is 11.7. The molecule has 0 unspecified atom stereocenters. The minimum Gasteiger partial charge on any atom is -0.451 e. The highest BCUT2D eigenvalue weighted by atomic mass is 32.2. The molecule has 1 amide bonds. The average molecular weight is 469 g/mol. The molecule has 32 heavy (non-hydrogen) atoms. The van der Waals surface area contributed by atoms with E-state index in [-0.39, 0.29) is 23.9 Å². The number of furan rings is 1. The molecular formula is C22H20N4O4S2. The van der Waals surface area contributed by atoms with Crippen molar-refractivity contribution < 1.29 is 14.1 Å². The summed E-state index contributed by atoms with van der Waals surface area (Å²) in [6, 6.07) is 14.0. The fraction of sp³-hybridized carbons (Fsp3) is 0.182. The number of carbonyl (C=O) groups is 1. The van der Waals surface area contributed by atoms with Crippen molar-refractivity contribution in [2.75, 3.05) is 18.4 Å². The van der Waals surface area contributed by atoms with E-state index in [0.717, 1.165) is 21.0 Å². The van der Waals surface area contributed by atoms with Gasteiger partial charge in [-0.2, -0.15) is 0 Å². The summed E-state index contributed by atoms with van der Waals surface area (Å²) in [6.07, 6.45) is 0. The second kappa shape index (κ2) is 9.84. The highest BCUT2D eigenvalue weighted by Gasteiger charge is 2.21. The van der Waals surface area contributed by atoms with Crippen molar-refractivity contribution in [1.29, 1.82) is 0 Å². The number of amides is 1. The van der Waals surface area contributed by atoms with Crippen LogP contribution in [0.2, 0.25) is 0 Å². The zero-order valence-corrected chi connectivity index (χ0v) is 18.8. The Hall–Kier alpha value is -3.37. The monoisotopic (exact) mass is 468 g/mol. The quantitative estimate of drug-likeness (QED) is 0.150. The van der Waals surface area contributed by atoms with Gasteiger partial charge in [0.05, 0.1) is 4.92 Å². The average Bonchev–Trinajstić information content (AvgIpc) is 3.38. The molecule has 0 fully saturated rings. The van der Waals surface area contributed by atoms with Crippen molar-refractivity contribution in [2.45, 2.75) is 17.0 Å². The number of anilines is 1. The van der Waals surface area contributed by atoms with Crippen molar-refractivity contribution in [3.63, 3.8) is 0 Å². The van der Waals surface area contributed by atoms with E-state index in [4.69, 9.17) is 4.42 Å². The van der Waals surface area contributed by atoms with Crippen LogP contribution in [-0.4, -0.2) is 28.9 Å². The molecule has 0 aliphatic carbocycles. The van der Waals surface area contributed by atoms with Crippen LogP contribution in [-0.2, 0) is 5.75 Å². The van der Waals surface area contributed by atoms with Crippen molar-refractivity contribution in [2.24, 2.45) is 0 Å². The maximum Gasteiger partial charge on any atom is 0.292 e. The smallest absolute Gasteiger partial charge is 0.292 e. The van der Waals surface area contributed by atoms with Crippen LogP contribution in [0.4, 0.5) is 11.4 Å². The second-order valence-electron chi connectivity index (χ2n) is 6.91. The summed E-state index contributed by atoms with van der Waals surface area (Å²) in [5.41, 5.74) is 2.85. The molecule has 0 radical (unpaired) electrons. The topological polar surface area (TPSA) is 110 Å². The molecule has 2 heterocycles. The van der Waals surface area contributed by atoms with Gasteiger partial charge in [0.15, 0.2) is 5.76 Å². The summed E-state index contributed by atoms with van der Waals surface area (Å²) in [4.78, 5) is 28.0. The standard InChI is InChI=1S/C22H20N4O4S2/c1-14-12-31-22(25-14)32-13-16-15-6-2-5-9-19(15)30-20(16)21(27)24-11-10-23-17-7-3-4-8-18(17)26(28)29/h2-9,12,23H,10-11,13H2,1H3,(H,24,27). The summed E-state index contributed by atoms with van der Waals surface area (Å²) in [5.74, 6) is 0.510. The summed E-state index contributed by atoms with van der Waals surface area (Å²) < 4.78 is 6.81. The maximum atomic E-state index is 12.9. The Balaban J connectivity index is 1.43. The number of hydrogen-bond donors (Lipinski definition) is 2. The van der Waals surface area contributed by atoms with E-state index in [1.54, 1.807) is 41.3 Å². The molecule has 0 atom stereocenters. The Kier molecular flexibility index (Phi) is 6.72. The lowest BCUT2D eigenvalue weighted by molar-refractivity contribution is -0.384. The number of para-hydroxylation sites is 3. The van der Waals surface area contributed by atoms with Crippen LogP contribution < -0.4 is 10.6 Å². The van der Waals surface area contributed by atoms with Gasteiger partial charge in [-0.05, 0) is 19.1 Å². The number of rotatable bonds is 9. The van der Waals surface area contributed by atoms with Crippen LogP contribution in [0.5, 0.6) is 0 Å². The van der Waals surface area contributed by atoms with E-state index in [1.165, 1.54) is 6.07 Å². The van der Waals surface area contributed by atoms with Crippen LogP contribution in [0.3, 0.4) is 0 Å². The molecule has 2 N–H and O–H groups in total. The molecule has 2 aromatic heterocycles. The van der Waals surface area contributed by atoms with E-state index >= 15 is 0 Å². The van der Waals surface area contributed by atoms with Crippen molar-refractivity contribution in [3.8, 4) is 0 Å². The SMILES string of the molecule is Cc1csc(SCc2c(C(=O)NCCNc3ccccc3[N+](=O)[O-])oc3ccccc23)n1. The first-order chi connectivity index (χ1) is 15.5. The van der Waals surface area contributed by atoms with Gasteiger partial charge in [-0.1, -0.05) is 42.1 Å². The molecule has 4 rings (SSSR count).